The molecule has 3 aromatic rings. The van der Waals surface area contributed by atoms with E-state index in [4.69, 9.17) is 16.0 Å². The summed E-state index contributed by atoms with van der Waals surface area (Å²) in [6.45, 7) is -0.0662. The van der Waals surface area contributed by atoms with Gasteiger partial charge in [-0.3, -0.25) is 9.59 Å². The highest BCUT2D eigenvalue weighted by Crippen LogP contribution is 2.39. The number of amides is 1. The Labute approximate surface area is 145 Å². The molecule has 1 N–H and O–H groups in total. The number of carbonyl (C=O) groups is 1. The molecule has 0 radical (unpaired) electrons. The van der Waals surface area contributed by atoms with Crippen LogP contribution >= 0.6 is 22.9 Å². The molecule has 3 heterocycles. The molecule has 1 amide bonds. The van der Waals surface area contributed by atoms with Gasteiger partial charge in [-0.1, -0.05) is 17.7 Å². The van der Waals surface area contributed by atoms with Crippen LogP contribution in [-0.2, 0) is 0 Å². The van der Waals surface area contributed by atoms with Gasteiger partial charge in [-0.25, -0.2) is 0 Å². The number of hydrogen-bond acceptors (Lipinski definition) is 5. The fourth-order valence-electron chi connectivity index (χ4n) is 3.07. The maximum absolute atomic E-state index is 13.0. The number of fused-ring (bicyclic) bond motifs is 2. The first kappa shape index (κ1) is 15.4. The van der Waals surface area contributed by atoms with E-state index >= 15 is 0 Å². The second-order valence-corrected chi connectivity index (χ2v) is 6.87. The van der Waals surface area contributed by atoms with Crippen LogP contribution in [0.25, 0.3) is 11.0 Å². The molecule has 0 saturated heterocycles. The SMILES string of the molecule is O=C1c2oc3ccc(Cl)cc3c(=O)c2C(c2cccs2)N1CCO. The van der Waals surface area contributed by atoms with Gasteiger partial charge in [0.25, 0.3) is 5.91 Å². The number of benzene rings is 1. The molecular weight excluding hydrogens is 350 g/mol. The van der Waals surface area contributed by atoms with Crippen molar-refractivity contribution in [3.63, 3.8) is 0 Å². The molecule has 24 heavy (non-hydrogen) atoms. The van der Waals surface area contributed by atoms with Crippen LogP contribution in [0.2, 0.25) is 5.02 Å². The van der Waals surface area contributed by atoms with E-state index in [0.717, 1.165) is 4.88 Å². The Hall–Kier alpha value is -2.15. The summed E-state index contributed by atoms with van der Waals surface area (Å²) in [5.41, 5.74) is 0.374. The van der Waals surface area contributed by atoms with E-state index in [0.29, 0.717) is 21.6 Å². The van der Waals surface area contributed by atoms with E-state index < -0.39 is 6.04 Å². The van der Waals surface area contributed by atoms with Crippen LogP contribution in [0.15, 0.2) is 44.9 Å². The highest BCUT2D eigenvalue weighted by atomic mass is 35.5. The number of nitrogens with zero attached hydrogens (tertiary/aromatic N) is 1. The minimum absolute atomic E-state index is 0.0432. The van der Waals surface area contributed by atoms with Gasteiger partial charge in [0.05, 0.1) is 23.6 Å². The second kappa shape index (κ2) is 5.73. The normalized spacial score (nSPS) is 16.8. The Bertz CT molecular complexity index is 996. The van der Waals surface area contributed by atoms with Gasteiger partial charge >= 0.3 is 0 Å². The topological polar surface area (TPSA) is 70.8 Å². The van der Waals surface area contributed by atoms with Crippen molar-refractivity contribution in [3.05, 3.63) is 67.2 Å². The summed E-state index contributed by atoms with van der Waals surface area (Å²) in [7, 11) is 0. The van der Waals surface area contributed by atoms with E-state index in [1.54, 1.807) is 18.2 Å². The maximum Gasteiger partial charge on any atom is 0.291 e. The molecule has 5 nitrogen and oxygen atoms in total. The van der Waals surface area contributed by atoms with Gasteiger partial charge in [0, 0.05) is 16.4 Å². The zero-order valence-corrected chi connectivity index (χ0v) is 13.9. The van der Waals surface area contributed by atoms with E-state index in [1.165, 1.54) is 16.2 Å². The number of thiophene rings is 1. The Balaban J connectivity index is 2.03. The largest absolute Gasteiger partial charge is 0.450 e. The summed E-state index contributed by atoms with van der Waals surface area (Å²) >= 11 is 7.45. The average molecular weight is 362 g/mol. The summed E-state index contributed by atoms with van der Waals surface area (Å²) in [6, 6.07) is 7.93. The molecule has 2 aromatic heterocycles. The molecule has 0 fully saturated rings. The molecule has 0 spiro atoms. The van der Waals surface area contributed by atoms with Crippen LogP contribution in [0.1, 0.15) is 27.0 Å². The summed E-state index contributed by atoms with van der Waals surface area (Å²) in [5.74, 6) is -0.340. The fraction of sp³-hybridized carbons (Fsp3) is 0.176. The summed E-state index contributed by atoms with van der Waals surface area (Å²) in [5, 5.41) is 12.0. The van der Waals surface area contributed by atoms with Crippen molar-refractivity contribution in [3.8, 4) is 0 Å². The van der Waals surface area contributed by atoms with Crippen LogP contribution in [0.3, 0.4) is 0 Å². The van der Waals surface area contributed by atoms with Gasteiger partial charge in [-0.2, -0.15) is 0 Å². The maximum atomic E-state index is 13.0. The molecule has 7 heteroatoms. The highest BCUT2D eigenvalue weighted by Gasteiger charge is 2.42. The van der Waals surface area contributed by atoms with Gasteiger partial charge in [0.2, 0.25) is 5.76 Å². The number of aliphatic hydroxyl groups excluding tert-OH is 1. The molecular formula is C17H12ClNO4S. The lowest BCUT2D eigenvalue weighted by atomic mass is 10.0. The molecule has 0 aliphatic carbocycles. The summed E-state index contributed by atoms with van der Waals surface area (Å²) in [4.78, 5) is 28.1. The molecule has 4 rings (SSSR count). The van der Waals surface area contributed by atoms with Gasteiger partial charge in [0.15, 0.2) is 5.43 Å². The quantitative estimate of drug-likeness (QED) is 0.778. The van der Waals surface area contributed by atoms with Gasteiger partial charge < -0.3 is 14.4 Å². The van der Waals surface area contributed by atoms with E-state index in [-0.39, 0.29) is 30.2 Å². The number of β-amino-alcohol motifs (C(OH)–C–C–N with tert-alkyl or cyclic N) is 1. The number of rotatable bonds is 3. The zero-order valence-electron chi connectivity index (χ0n) is 12.4. The molecule has 1 unspecified atom stereocenters. The van der Waals surface area contributed by atoms with E-state index in [9.17, 15) is 14.7 Å². The van der Waals surface area contributed by atoms with Crippen molar-refractivity contribution in [1.29, 1.82) is 0 Å². The van der Waals surface area contributed by atoms with Crippen molar-refractivity contribution < 1.29 is 14.3 Å². The summed E-state index contributed by atoms with van der Waals surface area (Å²) < 4.78 is 5.73. The standard InChI is InChI=1S/C17H12ClNO4S/c18-9-3-4-11-10(8-9)15(21)13-14(12-2-1-7-24-12)19(5-6-20)17(22)16(13)23-11/h1-4,7-8,14,20H,5-6H2. The van der Waals surface area contributed by atoms with Crippen molar-refractivity contribution in [2.24, 2.45) is 0 Å². The number of hydrogen-bond donors (Lipinski definition) is 1. The third-order valence-electron chi connectivity index (χ3n) is 4.08. The predicted octanol–water partition coefficient (Wildman–Crippen LogP) is 3.05. The van der Waals surface area contributed by atoms with Gasteiger partial charge in [-0.15, -0.1) is 11.3 Å². The zero-order chi connectivity index (χ0) is 16.8. The third-order valence-corrected chi connectivity index (χ3v) is 5.24. The van der Waals surface area contributed by atoms with Crippen LogP contribution in [0, 0.1) is 0 Å². The Morgan fingerprint density at radius 3 is 2.83 bits per heavy atom. The summed E-state index contributed by atoms with van der Waals surface area (Å²) in [6.07, 6.45) is 0. The average Bonchev–Trinajstić information content (AvgIpc) is 3.17. The van der Waals surface area contributed by atoms with Crippen molar-refractivity contribution in [1.82, 2.24) is 4.90 Å². The third kappa shape index (κ3) is 2.18. The first-order chi connectivity index (χ1) is 11.6. The minimum Gasteiger partial charge on any atom is -0.450 e. The van der Waals surface area contributed by atoms with Crippen molar-refractivity contribution in [2.45, 2.75) is 6.04 Å². The molecule has 122 valence electrons. The Kier molecular flexibility index (Phi) is 3.68. The van der Waals surface area contributed by atoms with E-state index in [1.807, 2.05) is 17.5 Å². The molecule has 0 saturated carbocycles. The monoisotopic (exact) mass is 361 g/mol. The molecule has 1 aliphatic heterocycles. The smallest absolute Gasteiger partial charge is 0.291 e. The van der Waals surface area contributed by atoms with Crippen LogP contribution < -0.4 is 5.43 Å². The fourth-order valence-corrected chi connectivity index (χ4v) is 4.09. The predicted molar refractivity (Wildman–Crippen MR) is 91.8 cm³/mol. The number of aliphatic hydroxyl groups is 1. The number of carbonyl (C=O) groups excluding carboxylic acids is 1. The minimum atomic E-state index is -0.542. The molecule has 0 bridgehead atoms. The van der Waals surface area contributed by atoms with E-state index in [2.05, 4.69) is 0 Å². The second-order valence-electron chi connectivity index (χ2n) is 5.45. The van der Waals surface area contributed by atoms with Crippen LogP contribution in [0.5, 0.6) is 0 Å². The van der Waals surface area contributed by atoms with Gasteiger partial charge in [0.1, 0.15) is 5.58 Å². The first-order valence-corrected chi connectivity index (χ1v) is 8.59. The lowest BCUT2D eigenvalue weighted by molar-refractivity contribution is 0.0693. The molecule has 1 atom stereocenters. The van der Waals surface area contributed by atoms with Crippen LogP contribution in [0.4, 0.5) is 0 Å². The lowest BCUT2D eigenvalue weighted by Crippen LogP contribution is -2.31. The lowest BCUT2D eigenvalue weighted by Gasteiger charge is -2.22. The Morgan fingerprint density at radius 2 is 2.12 bits per heavy atom. The highest BCUT2D eigenvalue weighted by molar-refractivity contribution is 7.10. The van der Waals surface area contributed by atoms with Gasteiger partial charge in [-0.05, 0) is 29.6 Å². The first-order valence-electron chi connectivity index (χ1n) is 7.33. The van der Waals surface area contributed by atoms with Crippen molar-refractivity contribution >= 4 is 39.8 Å². The molecule has 1 aromatic carbocycles. The van der Waals surface area contributed by atoms with Crippen molar-refractivity contribution in [2.75, 3.05) is 13.2 Å². The van der Waals surface area contributed by atoms with Crippen LogP contribution in [-0.4, -0.2) is 29.1 Å². The number of halogens is 1. The molecule has 1 aliphatic rings. The Morgan fingerprint density at radius 1 is 1.29 bits per heavy atom.